The van der Waals surface area contributed by atoms with E-state index in [2.05, 4.69) is 4.72 Å². The number of hydrogen-bond donors (Lipinski definition) is 3. The molecule has 1 rings (SSSR count). The minimum Gasteiger partial charge on any atom is -0.373 e. The fraction of sp³-hybridized carbons (Fsp3) is 0.462. The van der Waals surface area contributed by atoms with Gasteiger partial charge < -0.3 is 10.4 Å². The standard InChI is InChI=1S/C13H16ClF3N2O4S/c1-3-6-18-24(22,23)8-4-5-10(9(14)7-8)19-11(20)12(2,21)13(15,16)17/h4-5,7,18,21H,3,6H2,1-2H3,(H,19,20). The number of carbonyl (C=O) groups is 1. The number of benzene rings is 1. The summed E-state index contributed by atoms with van der Waals surface area (Å²) in [6, 6.07) is 3.09. The average molecular weight is 389 g/mol. The van der Waals surface area contributed by atoms with Crippen LogP contribution in [0.1, 0.15) is 20.3 Å². The fourth-order valence-electron chi connectivity index (χ4n) is 1.46. The Kier molecular flexibility index (Phi) is 6.26. The highest BCUT2D eigenvalue weighted by atomic mass is 35.5. The van der Waals surface area contributed by atoms with Crippen molar-refractivity contribution in [2.24, 2.45) is 0 Å². The van der Waals surface area contributed by atoms with Crippen LogP contribution in [-0.2, 0) is 14.8 Å². The molecule has 1 atom stereocenters. The van der Waals surface area contributed by atoms with E-state index in [1.165, 1.54) is 0 Å². The molecule has 11 heteroatoms. The molecule has 0 aliphatic carbocycles. The molecular formula is C13H16ClF3N2O4S. The van der Waals surface area contributed by atoms with Gasteiger partial charge in [0.25, 0.3) is 5.91 Å². The van der Waals surface area contributed by atoms with Crippen LogP contribution in [-0.4, -0.2) is 37.8 Å². The zero-order valence-corrected chi connectivity index (χ0v) is 14.3. The molecule has 3 N–H and O–H groups in total. The summed E-state index contributed by atoms with van der Waals surface area (Å²) in [7, 11) is -3.82. The van der Waals surface area contributed by atoms with Crippen LogP contribution < -0.4 is 10.0 Å². The second-order valence-electron chi connectivity index (χ2n) is 5.06. The number of alkyl halides is 3. The van der Waals surface area contributed by atoms with Crippen LogP contribution in [0.5, 0.6) is 0 Å². The molecule has 1 aromatic rings. The maximum atomic E-state index is 12.6. The molecule has 0 saturated carbocycles. The number of sulfonamides is 1. The summed E-state index contributed by atoms with van der Waals surface area (Å²) < 4.78 is 63.9. The summed E-state index contributed by atoms with van der Waals surface area (Å²) >= 11 is 5.81. The lowest BCUT2D eigenvalue weighted by molar-refractivity contribution is -0.242. The SMILES string of the molecule is CCCNS(=O)(=O)c1ccc(NC(=O)C(C)(O)C(F)(F)F)c(Cl)c1. The van der Waals surface area contributed by atoms with E-state index in [4.69, 9.17) is 11.6 Å². The van der Waals surface area contributed by atoms with Gasteiger partial charge in [-0.25, -0.2) is 13.1 Å². The lowest BCUT2D eigenvalue weighted by Crippen LogP contribution is -2.52. The van der Waals surface area contributed by atoms with Gasteiger partial charge >= 0.3 is 6.18 Å². The normalized spacial score (nSPS) is 15.0. The van der Waals surface area contributed by atoms with Crippen molar-refractivity contribution in [3.8, 4) is 0 Å². The van der Waals surface area contributed by atoms with Crippen molar-refractivity contribution in [3.63, 3.8) is 0 Å². The Morgan fingerprint density at radius 1 is 1.33 bits per heavy atom. The quantitative estimate of drug-likeness (QED) is 0.696. The molecule has 0 fully saturated rings. The van der Waals surface area contributed by atoms with Crippen molar-refractivity contribution in [1.29, 1.82) is 0 Å². The molecule has 1 amide bonds. The number of aliphatic hydroxyl groups is 1. The molecular weight excluding hydrogens is 373 g/mol. The Labute approximate surface area is 142 Å². The number of rotatable bonds is 6. The molecule has 0 heterocycles. The van der Waals surface area contributed by atoms with Gasteiger partial charge in [0.1, 0.15) is 0 Å². The molecule has 136 valence electrons. The maximum Gasteiger partial charge on any atom is 0.426 e. The van der Waals surface area contributed by atoms with Crippen LogP contribution in [0.3, 0.4) is 0 Å². The molecule has 1 unspecified atom stereocenters. The third-order valence-corrected chi connectivity index (χ3v) is 4.81. The molecule has 0 bridgehead atoms. The molecule has 0 aliphatic heterocycles. The molecule has 24 heavy (non-hydrogen) atoms. The zero-order chi connectivity index (χ0) is 18.8. The lowest BCUT2D eigenvalue weighted by Gasteiger charge is -2.25. The van der Waals surface area contributed by atoms with Gasteiger partial charge in [-0.05, 0) is 31.5 Å². The fourth-order valence-corrected chi connectivity index (χ4v) is 2.91. The predicted octanol–water partition coefficient (Wildman–Crippen LogP) is 2.28. The third-order valence-electron chi connectivity index (χ3n) is 3.04. The Morgan fingerprint density at radius 2 is 1.92 bits per heavy atom. The van der Waals surface area contributed by atoms with Gasteiger partial charge in [0.2, 0.25) is 15.6 Å². The highest BCUT2D eigenvalue weighted by molar-refractivity contribution is 7.89. The smallest absolute Gasteiger partial charge is 0.373 e. The average Bonchev–Trinajstić information content (AvgIpc) is 2.45. The number of nitrogens with one attached hydrogen (secondary N) is 2. The van der Waals surface area contributed by atoms with Crippen LogP contribution in [0, 0.1) is 0 Å². The van der Waals surface area contributed by atoms with Crippen molar-refractivity contribution < 1.29 is 31.5 Å². The Bertz CT molecular complexity index is 720. The maximum absolute atomic E-state index is 12.6. The second-order valence-corrected chi connectivity index (χ2v) is 7.24. The van der Waals surface area contributed by atoms with E-state index in [0.717, 1.165) is 18.2 Å². The Balaban J connectivity index is 3.04. The first-order chi connectivity index (χ1) is 10.8. The van der Waals surface area contributed by atoms with E-state index in [-0.39, 0.29) is 22.2 Å². The minimum absolute atomic E-state index is 0.201. The van der Waals surface area contributed by atoms with Gasteiger partial charge in [0, 0.05) is 6.54 Å². The summed E-state index contributed by atoms with van der Waals surface area (Å²) in [5, 5.41) is 10.8. The monoisotopic (exact) mass is 388 g/mol. The van der Waals surface area contributed by atoms with Crippen molar-refractivity contribution in [2.45, 2.75) is 36.9 Å². The van der Waals surface area contributed by atoms with Gasteiger partial charge in [-0.3, -0.25) is 4.79 Å². The van der Waals surface area contributed by atoms with Gasteiger partial charge in [-0.1, -0.05) is 18.5 Å². The van der Waals surface area contributed by atoms with Crippen LogP contribution in [0.2, 0.25) is 5.02 Å². The van der Waals surface area contributed by atoms with Gasteiger partial charge in [-0.15, -0.1) is 0 Å². The number of hydrogen-bond acceptors (Lipinski definition) is 4. The molecule has 1 aromatic carbocycles. The van der Waals surface area contributed by atoms with E-state index in [9.17, 15) is 31.5 Å². The number of halogens is 4. The minimum atomic E-state index is -5.18. The topological polar surface area (TPSA) is 95.5 Å². The molecule has 0 aliphatic rings. The van der Waals surface area contributed by atoms with Crippen molar-refractivity contribution >= 4 is 33.2 Å². The van der Waals surface area contributed by atoms with E-state index >= 15 is 0 Å². The van der Waals surface area contributed by atoms with Crippen LogP contribution in [0.4, 0.5) is 18.9 Å². The van der Waals surface area contributed by atoms with Gasteiger partial charge in [-0.2, -0.15) is 13.2 Å². The van der Waals surface area contributed by atoms with E-state index < -0.39 is 27.7 Å². The number of amides is 1. The van der Waals surface area contributed by atoms with Crippen LogP contribution in [0.25, 0.3) is 0 Å². The second kappa shape index (κ2) is 7.26. The highest BCUT2D eigenvalue weighted by Crippen LogP contribution is 2.32. The predicted molar refractivity (Wildman–Crippen MR) is 82.2 cm³/mol. The van der Waals surface area contributed by atoms with Crippen LogP contribution >= 0.6 is 11.6 Å². The molecule has 0 radical (unpaired) electrons. The summed E-state index contributed by atoms with van der Waals surface area (Å²) in [5.41, 5.74) is -3.88. The molecule has 0 saturated heterocycles. The highest BCUT2D eigenvalue weighted by Gasteiger charge is 2.55. The summed E-state index contributed by atoms with van der Waals surface area (Å²) in [6.07, 6.45) is -4.62. The van der Waals surface area contributed by atoms with Gasteiger partial charge in [0.05, 0.1) is 15.6 Å². The molecule has 0 spiro atoms. The van der Waals surface area contributed by atoms with E-state index in [1.54, 1.807) is 6.92 Å². The van der Waals surface area contributed by atoms with E-state index in [0.29, 0.717) is 13.3 Å². The number of anilines is 1. The first kappa shape index (κ1) is 20.7. The first-order valence-corrected chi connectivity index (χ1v) is 8.59. The van der Waals surface area contributed by atoms with Crippen LogP contribution in [0.15, 0.2) is 23.1 Å². The third kappa shape index (κ3) is 4.59. The zero-order valence-electron chi connectivity index (χ0n) is 12.7. The lowest BCUT2D eigenvalue weighted by atomic mass is 10.1. The Hall–Kier alpha value is -1.36. The molecule has 6 nitrogen and oxygen atoms in total. The summed E-state index contributed by atoms with van der Waals surface area (Å²) in [5.74, 6) is -1.74. The first-order valence-electron chi connectivity index (χ1n) is 6.72. The van der Waals surface area contributed by atoms with Crippen molar-refractivity contribution in [2.75, 3.05) is 11.9 Å². The number of carbonyl (C=O) groups excluding carboxylic acids is 1. The van der Waals surface area contributed by atoms with Crippen molar-refractivity contribution in [3.05, 3.63) is 23.2 Å². The van der Waals surface area contributed by atoms with Gasteiger partial charge in [0.15, 0.2) is 0 Å². The van der Waals surface area contributed by atoms with Crippen molar-refractivity contribution in [1.82, 2.24) is 4.72 Å². The van der Waals surface area contributed by atoms with E-state index in [1.807, 2.05) is 5.32 Å². The summed E-state index contributed by atoms with van der Waals surface area (Å²) in [6.45, 7) is 2.26. The summed E-state index contributed by atoms with van der Waals surface area (Å²) in [4.78, 5) is 11.4. The Morgan fingerprint density at radius 3 is 2.38 bits per heavy atom. The largest absolute Gasteiger partial charge is 0.426 e. The molecule has 0 aromatic heterocycles.